The van der Waals surface area contributed by atoms with Gasteiger partial charge in [-0.1, -0.05) is 49.4 Å². The van der Waals surface area contributed by atoms with Crippen LogP contribution in [0.15, 0.2) is 60.8 Å². The molecule has 3 aromatic heterocycles. The number of anilines is 2. The van der Waals surface area contributed by atoms with Gasteiger partial charge in [-0.25, -0.2) is 14.8 Å². The topological polar surface area (TPSA) is 113 Å². The molecule has 0 saturated heterocycles. The molecule has 9 nitrogen and oxygen atoms in total. The number of benzene rings is 2. The Labute approximate surface area is 290 Å². The highest BCUT2D eigenvalue weighted by molar-refractivity contribution is 7.22. The summed E-state index contributed by atoms with van der Waals surface area (Å²) in [5.74, 6) is 1.72. The van der Waals surface area contributed by atoms with Gasteiger partial charge in [0, 0.05) is 42.0 Å². The van der Waals surface area contributed by atoms with E-state index >= 15 is 0 Å². The van der Waals surface area contributed by atoms with Crippen molar-refractivity contribution in [3.63, 3.8) is 0 Å². The molecule has 2 aromatic carbocycles. The predicted octanol–water partition coefficient (Wildman–Crippen LogP) is 8.23. The molecule has 2 saturated carbocycles. The summed E-state index contributed by atoms with van der Waals surface area (Å²) in [7, 11) is 0. The van der Waals surface area contributed by atoms with Crippen molar-refractivity contribution in [2.24, 2.45) is 23.2 Å². The van der Waals surface area contributed by atoms with Crippen molar-refractivity contribution in [1.29, 1.82) is 0 Å². The van der Waals surface area contributed by atoms with E-state index in [-0.39, 0.29) is 17.0 Å². The smallest absolute Gasteiger partial charge is 0.355 e. The van der Waals surface area contributed by atoms with Crippen molar-refractivity contribution in [1.82, 2.24) is 19.7 Å². The Morgan fingerprint density at radius 1 is 1.00 bits per heavy atom. The van der Waals surface area contributed by atoms with Gasteiger partial charge in [0.25, 0.3) is 5.91 Å². The van der Waals surface area contributed by atoms with Gasteiger partial charge >= 0.3 is 5.97 Å². The minimum Gasteiger partial charge on any atom is -0.476 e. The summed E-state index contributed by atoms with van der Waals surface area (Å²) < 4.78 is 3.10. The van der Waals surface area contributed by atoms with Crippen molar-refractivity contribution >= 4 is 44.4 Å². The second-order valence-electron chi connectivity index (χ2n) is 15.0. The molecule has 5 aromatic rings. The molecule has 1 amide bonds. The lowest BCUT2D eigenvalue weighted by atomic mass is 9.59. The van der Waals surface area contributed by atoms with Crippen molar-refractivity contribution in [3.05, 3.63) is 88.9 Å². The molecule has 10 heteroatoms. The van der Waals surface area contributed by atoms with E-state index in [1.165, 1.54) is 43.4 Å². The van der Waals surface area contributed by atoms with Crippen LogP contribution in [0.25, 0.3) is 21.3 Å². The summed E-state index contributed by atoms with van der Waals surface area (Å²) in [5.41, 5.74) is 6.02. The summed E-state index contributed by atoms with van der Waals surface area (Å²) in [6, 6.07) is 17.4. The van der Waals surface area contributed by atoms with Gasteiger partial charge in [0.15, 0.2) is 10.8 Å². The molecule has 0 spiro atoms. The van der Waals surface area contributed by atoms with Crippen molar-refractivity contribution in [2.75, 3.05) is 16.8 Å². The molecule has 3 aliphatic rings. The minimum absolute atomic E-state index is 0.0141. The van der Waals surface area contributed by atoms with Crippen LogP contribution in [-0.2, 0) is 19.5 Å². The highest BCUT2D eigenvalue weighted by Crippen LogP contribution is 2.51. The number of rotatable bonds is 7. The summed E-state index contributed by atoms with van der Waals surface area (Å²) >= 11 is 1.45. The van der Waals surface area contributed by atoms with E-state index in [1.54, 1.807) is 6.20 Å². The van der Waals surface area contributed by atoms with Gasteiger partial charge in [0.05, 0.1) is 16.4 Å². The van der Waals surface area contributed by atoms with Crippen molar-refractivity contribution in [3.8, 4) is 11.1 Å². The van der Waals surface area contributed by atoms with Gasteiger partial charge in [0.1, 0.15) is 5.82 Å². The number of fused-ring (bicyclic) bond motifs is 4. The molecule has 2 bridgehead atoms. The van der Waals surface area contributed by atoms with Gasteiger partial charge in [-0.15, -0.1) is 0 Å². The summed E-state index contributed by atoms with van der Waals surface area (Å²) in [6.07, 6.45) is 9.00. The molecule has 2 unspecified atom stereocenters. The van der Waals surface area contributed by atoms with Gasteiger partial charge < -0.3 is 10.0 Å². The van der Waals surface area contributed by atoms with Gasteiger partial charge in [-0.05, 0) is 110 Å². The third kappa shape index (κ3) is 6.11. The fourth-order valence-electron chi connectivity index (χ4n) is 9.15. The maximum Gasteiger partial charge on any atom is 0.355 e. The second-order valence-corrected chi connectivity index (χ2v) is 16.0. The summed E-state index contributed by atoms with van der Waals surface area (Å²) in [4.78, 5) is 37.5. The molecular formula is C39H42N6O3S. The Morgan fingerprint density at radius 2 is 1.80 bits per heavy atom. The molecule has 49 heavy (non-hydrogen) atoms. The standard InChI is InChI=1S/C39H42N6O3S/c1-23-15-25-17-26(16-23)19-39(3,18-25)22-45-24(2)30(20-40-45)28-11-12-34(42-35(28)37(47)48)44-14-13-27-7-6-8-29(31(27)21-44)36(46)43-38-41-32-9-4-5-10-33(32)49-38/h4-12,20,23,25-26H,13-19,21-22H2,1-3H3,(H,47,48)(H,41,43,46). The number of hydrogen-bond acceptors (Lipinski definition) is 7. The van der Waals surface area contributed by atoms with Crippen molar-refractivity contribution < 1.29 is 14.7 Å². The Balaban J connectivity index is 1.03. The van der Waals surface area contributed by atoms with Crippen LogP contribution in [0.2, 0.25) is 0 Å². The molecule has 2 fully saturated rings. The Kier molecular flexibility index (Phi) is 8.01. The average Bonchev–Trinajstić information content (AvgIpc) is 3.64. The second kappa shape index (κ2) is 12.4. The first-order chi connectivity index (χ1) is 23.6. The highest BCUT2D eigenvalue weighted by atomic mass is 32.1. The number of amides is 1. The Morgan fingerprint density at radius 3 is 2.57 bits per heavy atom. The van der Waals surface area contributed by atoms with Crippen LogP contribution in [0.5, 0.6) is 0 Å². The fraction of sp³-hybridized carbons (Fsp3) is 0.410. The molecule has 4 heterocycles. The monoisotopic (exact) mass is 674 g/mol. The highest BCUT2D eigenvalue weighted by Gasteiger charge is 2.41. The molecule has 2 aliphatic carbocycles. The lowest BCUT2D eigenvalue weighted by Gasteiger charge is -2.47. The lowest BCUT2D eigenvalue weighted by Crippen LogP contribution is -2.38. The van der Waals surface area contributed by atoms with Gasteiger partial charge in [0.2, 0.25) is 0 Å². The van der Waals surface area contributed by atoms with Crippen LogP contribution in [0, 0.1) is 30.1 Å². The third-order valence-electron chi connectivity index (χ3n) is 11.1. The maximum atomic E-state index is 13.5. The van der Waals surface area contributed by atoms with Crippen LogP contribution < -0.4 is 10.2 Å². The first-order valence-electron chi connectivity index (χ1n) is 17.4. The number of thiazole rings is 1. The molecule has 2 N–H and O–H groups in total. The SMILES string of the molecule is Cc1c(-c2ccc(N3CCc4cccc(C(=O)Nc5nc6ccccc6s5)c4C3)nc2C(=O)O)cnn1CC1(C)CC2CC(C)CC(C2)C1. The van der Waals surface area contributed by atoms with Gasteiger partial charge in [-0.2, -0.15) is 5.10 Å². The first kappa shape index (κ1) is 31.7. The fourth-order valence-corrected chi connectivity index (χ4v) is 10.0. The lowest BCUT2D eigenvalue weighted by molar-refractivity contribution is 0.0326. The number of nitrogens with one attached hydrogen (secondary N) is 1. The average molecular weight is 675 g/mol. The van der Waals surface area contributed by atoms with E-state index in [9.17, 15) is 14.7 Å². The molecular weight excluding hydrogens is 633 g/mol. The molecule has 1 aliphatic heterocycles. The number of pyridine rings is 1. The molecule has 2 atom stereocenters. The number of carbonyl (C=O) groups is 2. The normalized spacial score (nSPS) is 23.3. The van der Waals surface area contributed by atoms with E-state index in [0.717, 1.165) is 56.9 Å². The first-order valence-corrected chi connectivity index (χ1v) is 18.2. The van der Waals surface area contributed by atoms with E-state index in [0.29, 0.717) is 41.6 Å². The van der Waals surface area contributed by atoms with E-state index in [2.05, 4.69) is 39.8 Å². The van der Waals surface area contributed by atoms with Crippen LogP contribution in [0.3, 0.4) is 0 Å². The largest absolute Gasteiger partial charge is 0.476 e. The number of carboxylic acids is 1. The van der Waals surface area contributed by atoms with Gasteiger partial charge in [-0.3, -0.25) is 14.8 Å². The molecule has 0 radical (unpaired) electrons. The number of aromatic nitrogens is 4. The molecule has 252 valence electrons. The van der Waals surface area contributed by atoms with Crippen LogP contribution in [0.1, 0.15) is 83.6 Å². The van der Waals surface area contributed by atoms with Crippen LogP contribution in [0.4, 0.5) is 10.9 Å². The summed E-state index contributed by atoms with van der Waals surface area (Å²) in [6.45, 7) is 8.81. The number of carboxylic acid groups (broad SMARTS) is 1. The number of aromatic carboxylic acids is 1. The van der Waals surface area contributed by atoms with Crippen molar-refractivity contribution in [2.45, 2.75) is 72.4 Å². The predicted molar refractivity (Wildman–Crippen MR) is 193 cm³/mol. The van der Waals surface area contributed by atoms with E-state index in [1.807, 2.05) is 55.5 Å². The third-order valence-corrected chi connectivity index (χ3v) is 12.0. The Hall–Kier alpha value is -4.57. The quantitative estimate of drug-likeness (QED) is 0.179. The number of para-hydroxylation sites is 1. The Bertz CT molecular complexity index is 2030. The number of nitrogens with zero attached hydrogens (tertiary/aromatic N) is 5. The zero-order chi connectivity index (χ0) is 33.9. The van der Waals surface area contributed by atoms with E-state index < -0.39 is 5.97 Å². The number of carbonyl (C=O) groups excluding carboxylic acids is 1. The molecule has 8 rings (SSSR count). The zero-order valence-corrected chi connectivity index (χ0v) is 29.1. The minimum atomic E-state index is -1.07. The van der Waals surface area contributed by atoms with Crippen LogP contribution in [-0.4, -0.2) is 43.3 Å². The summed E-state index contributed by atoms with van der Waals surface area (Å²) in [5, 5.41) is 18.7. The maximum absolute atomic E-state index is 13.5. The number of hydrogen-bond donors (Lipinski definition) is 2. The zero-order valence-electron chi connectivity index (χ0n) is 28.3. The van der Waals surface area contributed by atoms with Crippen LogP contribution >= 0.6 is 11.3 Å². The van der Waals surface area contributed by atoms with E-state index in [4.69, 9.17) is 10.1 Å².